The van der Waals surface area contributed by atoms with Crippen LogP contribution in [-0.4, -0.2) is 15.0 Å². The number of rotatable bonds is 0. The quantitative estimate of drug-likeness (QED) is 0.414. The van der Waals surface area contributed by atoms with Gasteiger partial charge in [0.2, 0.25) is 0 Å². The summed E-state index contributed by atoms with van der Waals surface area (Å²) < 4.78 is 0. The minimum atomic E-state index is 0.721. The summed E-state index contributed by atoms with van der Waals surface area (Å²) >= 11 is 6.31. The largest absolute Gasteiger partial charge is 0.353 e. The Morgan fingerprint density at radius 3 is 2.62 bits per heavy atom. The summed E-state index contributed by atoms with van der Waals surface area (Å²) in [5.74, 6) is 0. The molecule has 0 aliphatic carbocycles. The average molecular weight is 292 g/mol. The van der Waals surface area contributed by atoms with Gasteiger partial charge in [-0.05, 0) is 12.1 Å². The van der Waals surface area contributed by atoms with Crippen LogP contribution in [0.25, 0.3) is 43.7 Å². The first kappa shape index (κ1) is 11.2. The molecule has 2 N–H and O–H groups in total. The maximum Gasteiger partial charge on any atom is 0.0966 e. The molecule has 3 aromatic heterocycles. The zero-order valence-electron chi connectivity index (χ0n) is 10.9. The van der Waals surface area contributed by atoms with Gasteiger partial charge in [0.1, 0.15) is 0 Å². The molecule has 0 unspecified atom stereocenters. The van der Waals surface area contributed by atoms with E-state index in [1.807, 2.05) is 30.5 Å². The highest BCUT2D eigenvalue weighted by Crippen LogP contribution is 2.35. The highest BCUT2D eigenvalue weighted by Gasteiger charge is 2.14. The van der Waals surface area contributed by atoms with Gasteiger partial charge in [-0.25, -0.2) is 0 Å². The molecule has 0 saturated heterocycles. The highest BCUT2D eigenvalue weighted by molar-refractivity contribution is 6.36. The molecule has 0 amide bonds. The molecular weight excluding hydrogens is 282 g/mol. The second-order valence-electron chi connectivity index (χ2n) is 5.23. The zero-order valence-corrected chi connectivity index (χ0v) is 11.7. The SMILES string of the molecule is Clc1cccc2c1[nH]c1c2ncc2[nH]c3ccccc3c21. The van der Waals surface area contributed by atoms with E-state index in [1.165, 1.54) is 10.8 Å². The molecule has 0 radical (unpaired) electrons. The lowest BCUT2D eigenvalue weighted by Crippen LogP contribution is -1.76. The zero-order chi connectivity index (χ0) is 14.0. The average Bonchev–Trinajstić information content (AvgIpc) is 3.05. The van der Waals surface area contributed by atoms with Gasteiger partial charge in [0.15, 0.2) is 0 Å². The van der Waals surface area contributed by atoms with E-state index in [1.54, 1.807) is 0 Å². The minimum Gasteiger partial charge on any atom is -0.353 e. The number of hydrogen-bond acceptors (Lipinski definition) is 1. The number of aromatic nitrogens is 3. The summed E-state index contributed by atoms with van der Waals surface area (Å²) in [4.78, 5) is 11.5. The van der Waals surface area contributed by atoms with E-state index in [0.29, 0.717) is 0 Å². The maximum absolute atomic E-state index is 6.31. The summed E-state index contributed by atoms with van der Waals surface area (Å²) in [6.45, 7) is 0. The maximum atomic E-state index is 6.31. The molecule has 0 aliphatic heterocycles. The molecule has 0 atom stereocenters. The van der Waals surface area contributed by atoms with Gasteiger partial charge in [0.25, 0.3) is 0 Å². The lowest BCUT2D eigenvalue weighted by Gasteiger charge is -1.94. The van der Waals surface area contributed by atoms with Gasteiger partial charge < -0.3 is 9.97 Å². The number of nitrogens with one attached hydrogen (secondary N) is 2. The van der Waals surface area contributed by atoms with Crippen molar-refractivity contribution in [3.63, 3.8) is 0 Å². The van der Waals surface area contributed by atoms with E-state index < -0.39 is 0 Å². The Bertz CT molecular complexity index is 1150. The van der Waals surface area contributed by atoms with Crippen molar-refractivity contribution in [1.29, 1.82) is 0 Å². The Labute approximate surface area is 124 Å². The first-order chi connectivity index (χ1) is 10.3. The standard InChI is InChI=1S/C17H10ClN3/c18-11-6-3-5-10-15(11)21-17-14-9-4-1-2-7-12(9)20-13(14)8-19-16(10)17/h1-8,20-21H. The fraction of sp³-hybridized carbons (Fsp3) is 0. The third kappa shape index (κ3) is 1.36. The van der Waals surface area contributed by atoms with Crippen molar-refractivity contribution in [3.8, 4) is 0 Å². The molecule has 5 rings (SSSR count). The number of benzene rings is 2. The Kier molecular flexibility index (Phi) is 2.01. The van der Waals surface area contributed by atoms with E-state index in [9.17, 15) is 0 Å². The number of hydrogen-bond donors (Lipinski definition) is 2. The van der Waals surface area contributed by atoms with Crippen LogP contribution in [-0.2, 0) is 0 Å². The molecule has 5 aromatic rings. The summed E-state index contributed by atoms with van der Waals surface area (Å²) in [6.07, 6.45) is 1.89. The van der Waals surface area contributed by atoms with Crippen LogP contribution in [0.15, 0.2) is 48.7 Å². The predicted molar refractivity (Wildman–Crippen MR) is 88.0 cm³/mol. The van der Waals surface area contributed by atoms with Crippen LogP contribution in [0.2, 0.25) is 5.02 Å². The number of nitrogens with zero attached hydrogens (tertiary/aromatic N) is 1. The molecule has 0 fully saturated rings. The van der Waals surface area contributed by atoms with Crippen molar-refractivity contribution >= 4 is 55.3 Å². The molecule has 4 heteroatoms. The monoisotopic (exact) mass is 291 g/mol. The first-order valence-corrected chi connectivity index (χ1v) is 7.16. The summed E-state index contributed by atoms with van der Waals surface area (Å²) in [7, 11) is 0. The van der Waals surface area contributed by atoms with E-state index in [-0.39, 0.29) is 0 Å². The number of aromatic amines is 2. The van der Waals surface area contributed by atoms with Crippen molar-refractivity contribution in [2.75, 3.05) is 0 Å². The van der Waals surface area contributed by atoms with E-state index in [2.05, 4.69) is 33.2 Å². The topological polar surface area (TPSA) is 44.5 Å². The van der Waals surface area contributed by atoms with Gasteiger partial charge in [-0.1, -0.05) is 41.9 Å². The van der Waals surface area contributed by atoms with Gasteiger partial charge >= 0.3 is 0 Å². The lowest BCUT2D eigenvalue weighted by molar-refractivity contribution is 1.42. The van der Waals surface area contributed by atoms with Gasteiger partial charge in [0, 0.05) is 21.7 Å². The van der Waals surface area contributed by atoms with Gasteiger partial charge in [0.05, 0.1) is 33.3 Å². The Balaban J connectivity index is 2.13. The van der Waals surface area contributed by atoms with Gasteiger partial charge in [-0.3, -0.25) is 4.98 Å². The number of fused-ring (bicyclic) bond motifs is 7. The number of halogens is 1. The van der Waals surface area contributed by atoms with E-state index in [0.717, 1.165) is 38.0 Å². The summed E-state index contributed by atoms with van der Waals surface area (Å²) in [6, 6.07) is 14.2. The Morgan fingerprint density at radius 1 is 0.810 bits per heavy atom. The molecule has 21 heavy (non-hydrogen) atoms. The lowest BCUT2D eigenvalue weighted by atomic mass is 10.1. The minimum absolute atomic E-state index is 0.721. The van der Waals surface area contributed by atoms with Crippen LogP contribution in [0.1, 0.15) is 0 Å². The fourth-order valence-electron chi connectivity index (χ4n) is 3.14. The summed E-state index contributed by atoms with van der Waals surface area (Å²) in [5, 5.41) is 4.15. The molecule has 0 saturated carbocycles. The predicted octanol–water partition coefficient (Wildman–Crippen LogP) is 5.00. The normalized spacial score (nSPS) is 12.0. The highest BCUT2D eigenvalue weighted by atomic mass is 35.5. The second kappa shape index (κ2) is 3.77. The van der Waals surface area contributed by atoms with Crippen LogP contribution >= 0.6 is 11.6 Å². The Hall–Kier alpha value is -2.52. The molecule has 2 aromatic carbocycles. The van der Waals surface area contributed by atoms with Crippen molar-refractivity contribution in [1.82, 2.24) is 15.0 Å². The first-order valence-electron chi connectivity index (χ1n) is 6.78. The van der Waals surface area contributed by atoms with Crippen molar-refractivity contribution in [2.45, 2.75) is 0 Å². The van der Waals surface area contributed by atoms with E-state index in [4.69, 9.17) is 11.6 Å². The van der Waals surface area contributed by atoms with Crippen molar-refractivity contribution < 1.29 is 0 Å². The summed E-state index contributed by atoms with van der Waals surface area (Å²) in [5.41, 5.74) is 5.09. The van der Waals surface area contributed by atoms with Crippen LogP contribution in [0.4, 0.5) is 0 Å². The molecule has 0 spiro atoms. The molecule has 3 nitrogen and oxygen atoms in total. The number of H-pyrrole nitrogens is 2. The number of pyridine rings is 1. The van der Waals surface area contributed by atoms with Gasteiger partial charge in [-0.15, -0.1) is 0 Å². The smallest absolute Gasteiger partial charge is 0.0966 e. The van der Waals surface area contributed by atoms with Crippen LogP contribution in [0.3, 0.4) is 0 Å². The number of para-hydroxylation sites is 2. The molecule has 100 valence electrons. The molecular formula is C17H10ClN3. The second-order valence-corrected chi connectivity index (χ2v) is 5.64. The van der Waals surface area contributed by atoms with Crippen molar-refractivity contribution in [2.24, 2.45) is 0 Å². The molecule has 0 bridgehead atoms. The fourth-order valence-corrected chi connectivity index (χ4v) is 3.36. The Morgan fingerprint density at radius 2 is 1.67 bits per heavy atom. The van der Waals surface area contributed by atoms with Crippen molar-refractivity contribution in [3.05, 3.63) is 53.7 Å². The van der Waals surface area contributed by atoms with Crippen LogP contribution in [0, 0.1) is 0 Å². The molecule has 3 heterocycles. The van der Waals surface area contributed by atoms with E-state index >= 15 is 0 Å². The third-order valence-corrected chi connectivity index (χ3v) is 4.38. The van der Waals surface area contributed by atoms with Crippen LogP contribution < -0.4 is 0 Å². The molecule has 0 aliphatic rings. The van der Waals surface area contributed by atoms with Gasteiger partial charge in [-0.2, -0.15) is 0 Å². The van der Waals surface area contributed by atoms with Crippen LogP contribution in [0.5, 0.6) is 0 Å². The third-order valence-electron chi connectivity index (χ3n) is 4.06.